The van der Waals surface area contributed by atoms with Gasteiger partial charge in [0.05, 0.1) is 5.75 Å². The van der Waals surface area contributed by atoms with Crippen LogP contribution in [0.2, 0.25) is 0 Å². The highest BCUT2D eigenvalue weighted by Crippen LogP contribution is 2.10. The van der Waals surface area contributed by atoms with Crippen molar-refractivity contribution in [1.29, 1.82) is 0 Å². The maximum absolute atomic E-state index is 11.8. The van der Waals surface area contributed by atoms with Crippen LogP contribution < -0.4 is 5.32 Å². The number of rotatable bonds is 8. The maximum atomic E-state index is 11.8. The molecule has 0 saturated carbocycles. The first-order chi connectivity index (χ1) is 10.3. The molecule has 1 amide bonds. The van der Waals surface area contributed by atoms with Crippen LogP contribution in [0.25, 0.3) is 5.82 Å². The number of thioether (sulfide) groups is 1. The summed E-state index contributed by atoms with van der Waals surface area (Å²) in [5.41, 5.74) is 0.952. The van der Waals surface area contributed by atoms with Crippen molar-refractivity contribution in [2.75, 3.05) is 11.5 Å². The third kappa shape index (κ3) is 4.90. The van der Waals surface area contributed by atoms with Gasteiger partial charge in [0.1, 0.15) is 0 Å². The third-order valence-electron chi connectivity index (χ3n) is 2.94. The monoisotopic (exact) mass is 304 g/mol. The summed E-state index contributed by atoms with van der Waals surface area (Å²) >= 11 is 1.68. The van der Waals surface area contributed by atoms with Gasteiger partial charge in [0, 0.05) is 30.7 Å². The fraction of sp³-hybridized carbons (Fsp3) is 0.400. The van der Waals surface area contributed by atoms with Gasteiger partial charge < -0.3 is 5.32 Å². The Morgan fingerprint density at radius 1 is 1.38 bits per heavy atom. The summed E-state index contributed by atoms with van der Waals surface area (Å²) in [6, 6.07) is 5.67. The molecule has 6 heteroatoms. The molecular formula is C15H20N4OS. The minimum Gasteiger partial charge on any atom is -0.351 e. The van der Waals surface area contributed by atoms with Crippen LogP contribution in [0.4, 0.5) is 0 Å². The first-order valence-electron chi connectivity index (χ1n) is 7.09. The van der Waals surface area contributed by atoms with Crippen molar-refractivity contribution < 1.29 is 4.79 Å². The number of pyridine rings is 1. The van der Waals surface area contributed by atoms with Crippen molar-refractivity contribution >= 4 is 17.7 Å². The van der Waals surface area contributed by atoms with Crippen molar-refractivity contribution in [2.24, 2.45) is 0 Å². The Kier molecular flexibility index (Phi) is 6.27. The summed E-state index contributed by atoms with van der Waals surface area (Å²) in [5.74, 6) is 2.36. The fourth-order valence-corrected chi connectivity index (χ4v) is 2.75. The predicted octanol–water partition coefficient (Wildman–Crippen LogP) is 2.42. The number of carbonyl (C=O) groups excluding carboxylic acids is 1. The van der Waals surface area contributed by atoms with E-state index in [0.29, 0.717) is 12.3 Å². The van der Waals surface area contributed by atoms with Gasteiger partial charge in [0.2, 0.25) is 5.91 Å². The highest BCUT2D eigenvalue weighted by Gasteiger charge is 2.07. The van der Waals surface area contributed by atoms with Gasteiger partial charge in [-0.2, -0.15) is 16.9 Å². The zero-order chi connectivity index (χ0) is 14.9. The minimum atomic E-state index is 0.0615. The van der Waals surface area contributed by atoms with Crippen LogP contribution in [0.15, 0.2) is 36.8 Å². The average Bonchev–Trinajstić information content (AvgIpc) is 3.04. The second-order valence-electron chi connectivity index (χ2n) is 4.62. The molecule has 0 aromatic carbocycles. The van der Waals surface area contributed by atoms with E-state index in [0.717, 1.165) is 30.0 Å². The Bertz CT molecular complexity index is 557. The summed E-state index contributed by atoms with van der Waals surface area (Å²) in [4.78, 5) is 16.1. The molecule has 0 saturated heterocycles. The molecule has 2 rings (SSSR count). The largest absolute Gasteiger partial charge is 0.351 e. The van der Waals surface area contributed by atoms with E-state index < -0.39 is 0 Å². The van der Waals surface area contributed by atoms with Crippen molar-refractivity contribution in [3.63, 3.8) is 0 Å². The first-order valence-corrected chi connectivity index (χ1v) is 8.25. The van der Waals surface area contributed by atoms with E-state index in [9.17, 15) is 4.79 Å². The zero-order valence-electron chi connectivity index (χ0n) is 12.2. The molecule has 21 heavy (non-hydrogen) atoms. The van der Waals surface area contributed by atoms with Gasteiger partial charge in [-0.15, -0.1) is 0 Å². The number of hydrogen-bond donors (Lipinski definition) is 1. The highest BCUT2D eigenvalue weighted by atomic mass is 32.2. The first kappa shape index (κ1) is 15.6. The summed E-state index contributed by atoms with van der Waals surface area (Å²) in [6.07, 6.45) is 7.60. The van der Waals surface area contributed by atoms with E-state index in [4.69, 9.17) is 0 Å². The zero-order valence-corrected chi connectivity index (χ0v) is 13.0. The lowest BCUT2D eigenvalue weighted by Crippen LogP contribution is -2.25. The molecule has 5 nitrogen and oxygen atoms in total. The van der Waals surface area contributed by atoms with Crippen molar-refractivity contribution in [1.82, 2.24) is 20.1 Å². The van der Waals surface area contributed by atoms with Crippen molar-refractivity contribution in [3.05, 3.63) is 42.4 Å². The molecule has 0 fully saturated rings. The van der Waals surface area contributed by atoms with Crippen LogP contribution >= 0.6 is 11.8 Å². The maximum Gasteiger partial charge on any atom is 0.230 e. The smallest absolute Gasteiger partial charge is 0.230 e. The Morgan fingerprint density at radius 3 is 3.05 bits per heavy atom. The van der Waals surface area contributed by atoms with Crippen LogP contribution in [0.5, 0.6) is 0 Å². The topological polar surface area (TPSA) is 59.8 Å². The van der Waals surface area contributed by atoms with Crippen LogP contribution in [0.1, 0.15) is 25.3 Å². The molecule has 0 aliphatic heterocycles. The van der Waals surface area contributed by atoms with E-state index >= 15 is 0 Å². The second-order valence-corrected chi connectivity index (χ2v) is 5.72. The van der Waals surface area contributed by atoms with E-state index in [1.165, 1.54) is 0 Å². The van der Waals surface area contributed by atoms with Crippen molar-refractivity contribution in [3.8, 4) is 5.82 Å². The number of hydrogen-bond acceptors (Lipinski definition) is 4. The molecular weight excluding hydrogens is 284 g/mol. The van der Waals surface area contributed by atoms with Gasteiger partial charge in [0.15, 0.2) is 5.82 Å². The predicted molar refractivity (Wildman–Crippen MR) is 85.4 cm³/mol. The molecule has 2 aromatic heterocycles. The van der Waals surface area contributed by atoms with E-state index in [1.54, 1.807) is 28.8 Å². The van der Waals surface area contributed by atoms with Crippen LogP contribution in [-0.2, 0) is 11.3 Å². The van der Waals surface area contributed by atoms with Crippen LogP contribution in [-0.4, -0.2) is 32.2 Å². The highest BCUT2D eigenvalue weighted by molar-refractivity contribution is 7.99. The van der Waals surface area contributed by atoms with E-state index in [-0.39, 0.29) is 5.91 Å². The Morgan fingerprint density at radius 2 is 2.29 bits per heavy atom. The molecule has 0 bridgehead atoms. The minimum absolute atomic E-state index is 0.0615. The third-order valence-corrected chi connectivity index (χ3v) is 3.98. The second kappa shape index (κ2) is 8.46. The standard InChI is InChI=1S/C15H20N4OS/c1-2-3-10-21-12-14(20)17-11-13-6-4-7-16-15(13)19-9-5-8-18-19/h4-9H,2-3,10-12H2,1H3,(H,17,20). The lowest BCUT2D eigenvalue weighted by molar-refractivity contribution is -0.118. The van der Waals surface area contributed by atoms with E-state index in [1.807, 2.05) is 24.4 Å². The Labute approximate surface area is 129 Å². The molecule has 0 aliphatic rings. The number of unbranched alkanes of at least 4 members (excludes halogenated alkanes) is 1. The molecule has 2 aromatic rings. The number of aromatic nitrogens is 3. The van der Waals surface area contributed by atoms with E-state index in [2.05, 4.69) is 22.3 Å². The molecule has 0 unspecified atom stereocenters. The average molecular weight is 304 g/mol. The van der Waals surface area contributed by atoms with Gasteiger partial charge in [-0.25, -0.2) is 9.67 Å². The van der Waals surface area contributed by atoms with Gasteiger partial charge in [-0.05, 0) is 24.3 Å². The normalized spacial score (nSPS) is 10.5. The molecule has 0 radical (unpaired) electrons. The summed E-state index contributed by atoms with van der Waals surface area (Å²) in [6.45, 7) is 2.62. The molecule has 0 spiro atoms. The SMILES string of the molecule is CCCCSCC(=O)NCc1cccnc1-n1cccn1. The van der Waals surface area contributed by atoms with Crippen molar-refractivity contribution in [2.45, 2.75) is 26.3 Å². The van der Waals surface area contributed by atoms with Gasteiger partial charge in [0.25, 0.3) is 0 Å². The number of nitrogens with one attached hydrogen (secondary N) is 1. The van der Waals surface area contributed by atoms with Gasteiger partial charge >= 0.3 is 0 Å². The molecule has 1 N–H and O–H groups in total. The summed E-state index contributed by atoms with van der Waals surface area (Å²) in [5, 5.41) is 7.12. The summed E-state index contributed by atoms with van der Waals surface area (Å²) < 4.78 is 1.71. The molecule has 112 valence electrons. The van der Waals surface area contributed by atoms with Gasteiger partial charge in [-0.3, -0.25) is 4.79 Å². The summed E-state index contributed by atoms with van der Waals surface area (Å²) in [7, 11) is 0. The lowest BCUT2D eigenvalue weighted by atomic mass is 10.2. The fourth-order valence-electron chi connectivity index (χ4n) is 1.82. The van der Waals surface area contributed by atoms with Gasteiger partial charge in [-0.1, -0.05) is 19.4 Å². The van der Waals surface area contributed by atoms with Crippen LogP contribution in [0, 0.1) is 0 Å². The molecule has 0 aliphatic carbocycles. The Hall–Kier alpha value is -1.82. The lowest BCUT2D eigenvalue weighted by Gasteiger charge is -2.09. The number of amides is 1. The quantitative estimate of drug-likeness (QED) is 0.761. The number of nitrogens with zero attached hydrogens (tertiary/aromatic N) is 3. The number of carbonyl (C=O) groups is 1. The Balaban J connectivity index is 1.87. The molecule has 0 atom stereocenters. The molecule has 2 heterocycles. The van der Waals surface area contributed by atoms with Crippen LogP contribution in [0.3, 0.4) is 0 Å².